The van der Waals surface area contributed by atoms with Gasteiger partial charge in [-0.25, -0.2) is 9.97 Å². The van der Waals surface area contributed by atoms with Crippen molar-refractivity contribution in [3.05, 3.63) is 18.1 Å². The highest BCUT2D eigenvalue weighted by Crippen LogP contribution is 2.14. The first kappa shape index (κ1) is 16.7. The second-order valence-corrected chi connectivity index (χ2v) is 5.76. The monoisotopic (exact) mass is 305 g/mol. The lowest BCUT2D eigenvalue weighted by Gasteiger charge is -2.34. The molecule has 0 spiro atoms. The fourth-order valence-corrected chi connectivity index (χ4v) is 2.62. The van der Waals surface area contributed by atoms with E-state index in [0.717, 1.165) is 57.9 Å². The van der Waals surface area contributed by atoms with Crippen LogP contribution in [0.4, 0.5) is 5.82 Å². The molecule has 1 fully saturated rings. The average Bonchev–Trinajstić information content (AvgIpc) is 2.59. The van der Waals surface area contributed by atoms with E-state index in [4.69, 9.17) is 0 Å². The Bertz CT molecular complexity index is 485. The molecule has 1 aliphatic heterocycles. The topological polar surface area (TPSA) is 52.6 Å². The second kappa shape index (κ2) is 8.08. The molecule has 0 aliphatic carbocycles. The molecule has 22 heavy (non-hydrogen) atoms. The van der Waals surface area contributed by atoms with Crippen LogP contribution in [0.1, 0.15) is 37.2 Å². The minimum atomic E-state index is -0.0238. The SMILES string of the molecule is CCCCN(C)C(=O)c1cc(N2CCN(CC)CC2)ncn1. The summed E-state index contributed by atoms with van der Waals surface area (Å²) in [5.41, 5.74) is 0.488. The van der Waals surface area contributed by atoms with Crippen molar-refractivity contribution in [2.45, 2.75) is 26.7 Å². The third-order valence-electron chi connectivity index (χ3n) is 4.21. The number of unbranched alkanes of at least 4 members (excludes halogenated alkanes) is 1. The highest BCUT2D eigenvalue weighted by Gasteiger charge is 2.19. The van der Waals surface area contributed by atoms with E-state index in [0.29, 0.717) is 5.69 Å². The van der Waals surface area contributed by atoms with Crippen LogP contribution < -0.4 is 4.90 Å². The Kier molecular flexibility index (Phi) is 6.12. The molecule has 0 N–H and O–H groups in total. The lowest BCUT2D eigenvalue weighted by Crippen LogP contribution is -2.46. The molecular weight excluding hydrogens is 278 g/mol. The zero-order valence-electron chi connectivity index (χ0n) is 14.0. The Balaban J connectivity index is 2.02. The van der Waals surface area contributed by atoms with E-state index in [1.807, 2.05) is 13.1 Å². The van der Waals surface area contributed by atoms with Crippen LogP contribution in [0.15, 0.2) is 12.4 Å². The molecule has 0 saturated carbocycles. The maximum Gasteiger partial charge on any atom is 0.272 e. The van der Waals surface area contributed by atoms with Crippen molar-refractivity contribution in [2.75, 3.05) is 51.2 Å². The lowest BCUT2D eigenvalue weighted by atomic mass is 10.2. The normalized spacial score (nSPS) is 15.9. The Morgan fingerprint density at radius 3 is 2.59 bits per heavy atom. The summed E-state index contributed by atoms with van der Waals surface area (Å²) in [6, 6.07) is 1.83. The van der Waals surface area contributed by atoms with Crippen molar-refractivity contribution >= 4 is 11.7 Å². The zero-order chi connectivity index (χ0) is 15.9. The van der Waals surface area contributed by atoms with E-state index in [1.54, 1.807) is 4.90 Å². The number of carbonyl (C=O) groups excluding carboxylic acids is 1. The summed E-state index contributed by atoms with van der Waals surface area (Å²) in [5, 5.41) is 0. The van der Waals surface area contributed by atoms with Gasteiger partial charge >= 0.3 is 0 Å². The van der Waals surface area contributed by atoms with Gasteiger partial charge in [-0.05, 0) is 13.0 Å². The second-order valence-electron chi connectivity index (χ2n) is 5.76. The van der Waals surface area contributed by atoms with Crippen LogP contribution in [-0.2, 0) is 0 Å². The van der Waals surface area contributed by atoms with Gasteiger partial charge in [-0.3, -0.25) is 4.79 Å². The van der Waals surface area contributed by atoms with Gasteiger partial charge in [0, 0.05) is 45.8 Å². The zero-order valence-corrected chi connectivity index (χ0v) is 14.0. The number of anilines is 1. The van der Waals surface area contributed by atoms with E-state index in [9.17, 15) is 4.79 Å². The first-order chi connectivity index (χ1) is 10.7. The summed E-state index contributed by atoms with van der Waals surface area (Å²) < 4.78 is 0. The summed E-state index contributed by atoms with van der Waals surface area (Å²) in [6.45, 7) is 10.1. The molecule has 1 amide bonds. The first-order valence-corrected chi connectivity index (χ1v) is 8.20. The van der Waals surface area contributed by atoms with Gasteiger partial charge in [0.05, 0.1) is 0 Å². The standard InChI is InChI=1S/C16H27N5O/c1-4-6-7-19(3)16(22)14-12-15(18-13-17-14)21-10-8-20(5-2)9-11-21/h12-13H,4-11H2,1-3H3. The molecule has 0 unspecified atom stereocenters. The van der Waals surface area contributed by atoms with Crippen LogP contribution in [0.5, 0.6) is 0 Å². The fourth-order valence-electron chi connectivity index (χ4n) is 2.62. The number of aromatic nitrogens is 2. The number of hydrogen-bond acceptors (Lipinski definition) is 5. The van der Waals surface area contributed by atoms with Crippen LogP contribution in [-0.4, -0.2) is 72.0 Å². The Morgan fingerprint density at radius 2 is 1.95 bits per heavy atom. The maximum atomic E-state index is 12.4. The van der Waals surface area contributed by atoms with Gasteiger partial charge in [0.25, 0.3) is 5.91 Å². The van der Waals surface area contributed by atoms with Crippen LogP contribution in [0.2, 0.25) is 0 Å². The third kappa shape index (κ3) is 4.16. The van der Waals surface area contributed by atoms with Crippen molar-refractivity contribution in [3.8, 4) is 0 Å². The van der Waals surface area contributed by atoms with Crippen molar-refractivity contribution in [2.24, 2.45) is 0 Å². The Hall–Kier alpha value is -1.69. The average molecular weight is 305 g/mol. The minimum Gasteiger partial charge on any atom is -0.354 e. The molecule has 6 heteroatoms. The highest BCUT2D eigenvalue weighted by molar-refractivity contribution is 5.92. The number of likely N-dealkylation sites (N-methyl/N-ethyl adjacent to an activating group) is 1. The number of amides is 1. The number of rotatable bonds is 6. The maximum absolute atomic E-state index is 12.4. The third-order valence-corrected chi connectivity index (χ3v) is 4.21. The summed E-state index contributed by atoms with van der Waals surface area (Å²) in [6.07, 6.45) is 3.59. The van der Waals surface area contributed by atoms with Gasteiger partial charge in [-0.2, -0.15) is 0 Å². The van der Waals surface area contributed by atoms with E-state index < -0.39 is 0 Å². The summed E-state index contributed by atoms with van der Waals surface area (Å²) in [7, 11) is 1.83. The number of piperazine rings is 1. The quantitative estimate of drug-likeness (QED) is 0.797. The van der Waals surface area contributed by atoms with Crippen molar-refractivity contribution in [1.29, 1.82) is 0 Å². The number of nitrogens with zero attached hydrogens (tertiary/aromatic N) is 5. The molecule has 2 heterocycles. The summed E-state index contributed by atoms with van der Waals surface area (Å²) >= 11 is 0. The van der Waals surface area contributed by atoms with Crippen LogP contribution in [0.25, 0.3) is 0 Å². The van der Waals surface area contributed by atoms with Gasteiger partial charge < -0.3 is 14.7 Å². The summed E-state index contributed by atoms with van der Waals surface area (Å²) in [5.74, 6) is 0.835. The predicted molar refractivity (Wildman–Crippen MR) is 88.2 cm³/mol. The molecule has 0 atom stereocenters. The Morgan fingerprint density at radius 1 is 1.23 bits per heavy atom. The molecular formula is C16H27N5O. The van der Waals surface area contributed by atoms with Crippen LogP contribution in [0.3, 0.4) is 0 Å². The largest absolute Gasteiger partial charge is 0.354 e. The molecule has 1 aromatic rings. The van der Waals surface area contributed by atoms with Crippen molar-refractivity contribution in [3.63, 3.8) is 0 Å². The molecule has 1 aliphatic rings. The van der Waals surface area contributed by atoms with Gasteiger partial charge in [-0.1, -0.05) is 20.3 Å². The van der Waals surface area contributed by atoms with Gasteiger partial charge in [0.1, 0.15) is 17.8 Å². The van der Waals surface area contributed by atoms with E-state index >= 15 is 0 Å². The first-order valence-electron chi connectivity index (χ1n) is 8.20. The smallest absolute Gasteiger partial charge is 0.272 e. The Labute approximate surface area is 133 Å². The molecule has 122 valence electrons. The van der Waals surface area contributed by atoms with Gasteiger partial charge in [-0.15, -0.1) is 0 Å². The molecule has 0 bridgehead atoms. The number of carbonyl (C=O) groups is 1. The summed E-state index contributed by atoms with van der Waals surface area (Å²) in [4.78, 5) is 27.3. The highest BCUT2D eigenvalue weighted by atomic mass is 16.2. The molecule has 6 nitrogen and oxygen atoms in total. The van der Waals surface area contributed by atoms with E-state index in [2.05, 4.69) is 33.6 Å². The van der Waals surface area contributed by atoms with Gasteiger partial charge in [0.15, 0.2) is 0 Å². The molecule has 1 saturated heterocycles. The predicted octanol–water partition coefficient (Wildman–Crippen LogP) is 1.49. The molecule has 0 aromatic carbocycles. The van der Waals surface area contributed by atoms with Crippen molar-refractivity contribution < 1.29 is 4.79 Å². The molecule has 2 rings (SSSR count). The van der Waals surface area contributed by atoms with Crippen LogP contribution in [0, 0.1) is 0 Å². The number of hydrogen-bond donors (Lipinski definition) is 0. The van der Waals surface area contributed by atoms with Gasteiger partial charge in [0.2, 0.25) is 0 Å². The lowest BCUT2D eigenvalue weighted by molar-refractivity contribution is 0.0787. The van der Waals surface area contributed by atoms with Crippen LogP contribution >= 0.6 is 0 Å². The van der Waals surface area contributed by atoms with E-state index in [-0.39, 0.29) is 5.91 Å². The molecule has 0 radical (unpaired) electrons. The fraction of sp³-hybridized carbons (Fsp3) is 0.688. The van der Waals surface area contributed by atoms with E-state index in [1.165, 1.54) is 6.33 Å². The molecule has 1 aromatic heterocycles. The van der Waals surface area contributed by atoms with Crippen molar-refractivity contribution in [1.82, 2.24) is 19.8 Å². The minimum absolute atomic E-state index is 0.0238.